The van der Waals surface area contributed by atoms with Crippen LogP contribution in [0, 0.1) is 12.8 Å². The summed E-state index contributed by atoms with van der Waals surface area (Å²) in [4.78, 5) is 16.3. The van der Waals surface area contributed by atoms with Crippen molar-refractivity contribution in [2.75, 3.05) is 5.32 Å². The summed E-state index contributed by atoms with van der Waals surface area (Å²) in [7, 11) is 0. The summed E-state index contributed by atoms with van der Waals surface area (Å²) in [6, 6.07) is 0. The van der Waals surface area contributed by atoms with Crippen molar-refractivity contribution in [1.82, 2.24) is 4.98 Å². The van der Waals surface area contributed by atoms with Crippen molar-refractivity contribution in [3.05, 3.63) is 11.1 Å². The van der Waals surface area contributed by atoms with Crippen LogP contribution in [-0.4, -0.2) is 10.9 Å². The Bertz CT molecular complexity index is 280. The third-order valence-corrected chi connectivity index (χ3v) is 2.20. The highest BCUT2D eigenvalue weighted by Crippen LogP contribution is 2.16. The van der Waals surface area contributed by atoms with Gasteiger partial charge in [0.2, 0.25) is 5.91 Å². The molecule has 0 aliphatic rings. The molecule has 0 aromatic carbocycles. The maximum absolute atomic E-state index is 11.2. The predicted molar refractivity (Wildman–Crippen MR) is 50.3 cm³/mol. The summed E-state index contributed by atoms with van der Waals surface area (Å²) in [6.07, 6.45) is 1.75. The SMILES string of the molecule is Cc1cnc(NC(=O)C(C)C)s1. The Balaban J connectivity index is 2.58. The fraction of sp³-hybridized carbons (Fsp3) is 0.500. The van der Waals surface area contributed by atoms with E-state index >= 15 is 0 Å². The molecule has 1 aromatic heterocycles. The van der Waals surface area contributed by atoms with Gasteiger partial charge in [-0.05, 0) is 6.92 Å². The van der Waals surface area contributed by atoms with Gasteiger partial charge in [-0.15, -0.1) is 11.3 Å². The number of amides is 1. The number of carbonyl (C=O) groups is 1. The summed E-state index contributed by atoms with van der Waals surface area (Å²) < 4.78 is 0. The van der Waals surface area contributed by atoms with Gasteiger partial charge in [0.05, 0.1) is 0 Å². The summed E-state index contributed by atoms with van der Waals surface area (Å²) >= 11 is 1.49. The van der Waals surface area contributed by atoms with Crippen molar-refractivity contribution < 1.29 is 4.79 Å². The lowest BCUT2D eigenvalue weighted by molar-refractivity contribution is -0.118. The molecule has 1 rings (SSSR count). The molecule has 1 aromatic rings. The second-order valence-corrected chi connectivity index (χ2v) is 4.15. The van der Waals surface area contributed by atoms with E-state index < -0.39 is 0 Å². The van der Waals surface area contributed by atoms with Crippen LogP contribution in [0.15, 0.2) is 6.20 Å². The molecule has 0 spiro atoms. The number of hydrogen-bond donors (Lipinski definition) is 1. The zero-order chi connectivity index (χ0) is 9.14. The van der Waals surface area contributed by atoms with E-state index in [0.29, 0.717) is 5.13 Å². The molecule has 0 saturated heterocycles. The van der Waals surface area contributed by atoms with Crippen LogP contribution in [-0.2, 0) is 4.79 Å². The van der Waals surface area contributed by atoms with Gasteiger partial charge in [0, 0.05) is 17.0 Å². The first-order chi connectivity index (χ1) is 5.59. The highest BCUT2D eigenvalue weighted by Gasteiger charge is 2.08. The Hall–Kier alpha value is -0.900. The van der Waals surface area contributed by atoms with Gasteiger partial charge in [0.15, 0.2) is 5.13 Å². The molecule has 0 bridgehead atoms. The number of carbonyl (C=O) groups excluding carboxylic acids is 1. The summed E-state index contributed by atoms with van der Waals surface area (Å²) in [5.41, 5.74) is 0. The molecule has 0 fully saturated rings. The van der Waals surface area contributed by atoms with Crippen molar-refractivity contribution in [2.45, 2.75) is 20.8 Å². The first-order valence-electron chi connectivity index (χ1n) is 3.83. The number of aryl methyl sites for hydroxylation is 1. The lowest BCUT2D eigenvalue weighted by atomic mass is 10.2. The summed E-state index contributed by atoms with van der Waals surface area (Å²) in [5.74, 6) is 0.0264. The molecule has 66 valence electrons. The Morgan fingerprint density at radius 1 is 1.67 bits per heavy atom. The number of anilines is 1. The van der Waals surface area contributed by atoms with Crippen LogP contribution < -0.4 is 5.32 Å². The molecule has 0 unspecified atom stereocenters. The molecule has 1 N–H and O–H groups in total. The quantitative estimate of drug-likeness (QED) is 0.764. The van der Waals surface area contributed by atoms with E-state index in [-0.39, 0.29) is 11.8 Å². The molecular weight excluding hydrogens is 172 g/mol. The van der Waals surface area contributed by atoms with E-state index in [9.17, 15) is 4.79 Å². The Kier molecular flexibility index (Phi) is 2.81. The zero-order valence-electron chi connectivity index (χ0n) is 7.42. The molecule has 3 nitrogen and oxygen atoms in total. The molecule has 4 heteroatoms. The highest BCUT2D eigenvalue weighted by molar-refractivity contribution is 7.15. The van der Waals surface area contributed by atoms with Gasteiger partial charge in [0.1, 0.15) is 0 Å². The van der Waals surface area contributed by atoms with Crippen LogP contribution in [0.25, 0.3) is 0 Å². The first-order valence-corrected chi connectivity index (χ1v) is 4.64. The Morgan fingerprint density at radius 2 is 2.33 bits per heavy atom. The number of nitrogens with zero attached hydrogens (tertiary/aromatic N) is 1. The third kappa shape index (κ3) is 2.30. The average Bonchev–Trinajstić information content (AvgIpc) is 2.35. The second-order valence-electron chi connectivity index (χ2n) is 2.92. The number of aromatic nitrogens is 1. The minimum absolute atomic E-state index is 0.00852. The van der Waals surface area contributed by atoms with Gasteiger partial charge in [-0.3, -0.25) is 4.79 Å². The Labute approximate surface area is 75.8 Å². The number of rotatable bonds is 2. The van der Waals surface area contributed by atoms with Crippen molar-refractivity contribution >= 4 is 22.4 Å². The van der Waals surface area contributed by atoms with Crippen molar-refractivity contribution in [1.29, 1.82) is 0 Å². The van der Waals surface area contributed by atoms with Crippen molar-refractivity contribution in [3.8, 4) is 0 Å². The van der Waals surface area contributed by atoms with E-state index in [1.54, 1.807) is 6.20 Å². The van der Waals surface area contributed by atoms with Crippen LogP contribution in [0.5, 0.6) is 0 Å². The topological polar surface area (TPSA) is 42.0 Å². The molecule has 0 atom stereocenters. The van der Waals surface area contributed by atoms with E-state index in [1.807, 2.05) is 20.8 Å². The van der Waals surface area contributed by atoms with E-state index in [1.165, 1.54) is 11.3 Å². The summed E-state index contributed by atoms with van der Waals surface area (Å²) in [6.45, 7) is 5.67. The maximum atomic E-state index is 11.2. The van der Waals surface area contributed by atoms with Crippen LogP contribution in [0.3, 0.4) is 0 Å². The lowest BCUT2D eigenvalue weighted by Gasteiger charge is -2.02. The fourth-order valence-corrected chi connectivity index (χ4v) is 1.33. The molecule has 0 aliphatic heterocycles. The smallest absolute Gasteiger partial charge is 0.228 e. The molecular formula is C8H12N2OS. The number of thiazole rings is 1. The molecule has 1 amide bonds. The van der Waals surface area contributed by atoms with Gasteiger partial charge in [0.25, 0.3) is 0 Å². The van der Waals surface area contributed by atoms with Gasteiger partial charge in [-0.2, -0.15) is 0 Å². The van der Waals surface area contributed by atoms with Crippen molar-refractivity contribution in [3.63, 3.8) is 0 Å². The normalized spacial score (nSPS) is 10.3. The third-order valence-electron chi connectivity index (χ3n) is 1.38. The second kappa shape index (κ2) is 3.67. The van der Waals surface area contributed by atoms with E-state index in [0.717, 1.165) is 4.88 Å². The number of hydrogen-bond acceptors (Lipinski definition) is 3. The van der Waals surface area contributed by atoms with Gasteiger partial charge in [-0.25, -0.2) is 4.98 Å². The average molecular weight is 184 g/mol. The number of nitrogens with one attached hydrogen (secondary N) is 1. The fourth-order valence-electron chi connectivity index (χ4n) is 0.662. The summed E-state index contributed by atoms with van der Waals surface area (Å²) in [5, 5.41) is 3.42. The van der Waals surface area contributed by atoms with E-state index in [2.05, 4.69) is 10.3 Å². The standard InChI is InChI=1S/C8H12N2OS/c1-5(2)7(11)10-8-9-4-6(3)12-8/h4-5H,1-3H3,(H,9,10,11). The minimum Gasteiger partial charge on any atom is -0.302 e. The molecule has 12 heavy (non-hydrogen) atoms. The maximum Gasteiger partial charge on any atom is 0.228 e. The first kappa shape index (κ1) is 9.19. The van der Waals surface area contributed by atoms with Gasteiger partial charge < -0.3 is 5.32 Å². The molecule has 0 radical (unpaired) electrons. The largest absolute Gasteiger partial charge is 0.302 e. The lowest BCUT2D eigenvalue weighted by Crippen LogP contribution is -2.17. The highest BCUT2D eigenvalue weighted by atomic mass is 32.1. The van der Waals surface area contributed by atoms with Gasteiger partial charge in [-0.1, -0.05) is 13.8 Å². The van der Waals surface area contributed by atoms with Crippen LogP contribution >= 0.6 is 11.3 Å². The van der Waals surface area contributed by atoms with Gasteiger partial charge >= 0.3 is 0 Å². The minimum atomic E-state index is 0.00852. The molecule has 0 aliphatic carbocycles. The Morgan fingerprint density at radius 3 is 2.75 bits per heavy atom. The molecule has 1 heterocycles. The van der Waals surface area contributed by atoms with E-state index in [4.69, 9.17) is 0 Å². The van der Waals surface area contributed by atoms with Crippen LogP contribution in [0.4, 0.5) is 5.13 Å². The van der Waals surface area contributed by atoms with Crippen LogP contribution in [0.1, 0.15) is 18.7 Å². The monoisotopic (exact) mass is 184 g/mol. The predicted octanol–water partition coefficient (Wildman–Crippen LogP) is 2.05. The van der Waals surface area contributed by atoms with Crippen LogP contribution in [0.2, 0.25) is 0 Å². The zero-order valence-corrected chi connectivity index (χ0v) is 8.23. The molecule has 0 saturated carbocycles. The van der Waals surface area contributed by atoms with Crippen molar-refractivity contribution in [2.24, 2.45) is 5.92 Å².